The lowest BCUT2D eigenvalue weighted by atomic mass is 9.92. The van der Waals surface area contributed by atoms with Crippen molar-refractivity contribution < 1.29 is 4.74 Å². The average Bonchev–Trinajstić information content (AvgIpc) is 3.12. The number of nitrogens with zero attached hydrogens (tertiary/aromatic N) is 2. The van der Waals surface area contributed by atoms with Gasteiger partial charge in [0.1, 0.15) is 0 Å². The zero-order valence-electron chi connectivity index (χ0n) is 13.5. The summed E-state index contributed by atoms with van der Waals surface area (Å²) in [7, 11) is 0. The molecule has 4 fully saturated rings. The molecule has 3 saturated heterocycles. The molecule has 4 rings (SSSR count). The zero-order chi connectivity index (χ0) is 14.3. The van der Waals surface area contributed by atoms with Gasteiger partial charge in [-0.05, 0) is 39.2 Å². The monoisotopic (exact) mass is 293 g/mol. The smallest absolute Gasteiger partial charge is 0.0829 e. The summed E-state index contributed by atoms with van der Waals surface area (Å²) in [5.41, 5.74) is 0.428. The Labute approximate surface area is 129 Å². The van der Waals surface area contributed by atoms with Gasteiger partial charge in [-0.25, -0.2) is 0 Å². The molecule has 120 valence electrons. The van der Waals surface area contributed by atoms with Crippen molar-refractivity contribution in [2.45, 2.75) is 69.2 Å². The van der Waals surface area contributed by atoms with E-state index in [0.717, 1.165) is 32.3 Å². The summed E-state index contributed by atoms with van der Waals surface area (Å²) in [5, 5.41) is 3.86. The van der Waals surface area contributed by atoms with Gasteiger partial charge in [0, 0.05) is 43.8 Å². The second kappa shape index (κ2) is 5.80. The Hall–Kier alpha value is -0.160. The van der Waals surface area contributed by atoms with E-state index in [1.807, 2.05) is 0 Å². The van der Waals surface area contributed by atoms with Crippen molar-refractivity contribution in [1.29, 1.82) is 0 Å². The molecule has 0 amide bonds. The Morgan fingerprint density at radius 2 is 2.10 bits per heavy atom. The largest absolute Gasteiger partial charge is 0.374 e. The fourth-order valence-corrected chi connectivity index (χ4v) is 4.98. The van der Waals surface area contributed by atoms with Crippen LogP contribution in [0, 0.1) is 0 Å². The molecule has 0 aromatic carbocycles. The summed E-state index contributed by atoms with van der Waals surface area (Å²) < 4.78 is 6.19. The highest BCUT2D eigenvalue weighted by atomic mass is 16.5. The fourth-order valence-electron chi connectivity index (χ4n) is 4.98. The van der Waals surface area contributed by atoms with Crippen LogP contribution in [-0.2, 0) is 4.74 Å². The van der Waals surface area contributed by atoms with Gasteiger partial charge in [-0.2, -0.15) is 0 Å². The van der Waals surface area contributed by atoms with Crippen molar-refractivity contribution in [1.82, 2.24) is 15.1 Å². The number of fused-ring (bicyclic) bond motifs is 1. The number of morpholine rings is 1. The lowest BCUT2D eigenvalue weighted by Gasteiger charge is -2.47. The van der Waals surface area contributed by atoms with E-state index in [-0.39, 0.29) is 0 Å². The summed E-state index contributed by atoms with van der Waals surface area (Å²) in [6.07, 6.45) is 8.70. The first kappa shape index (κ1) is 14.4. The zero-order valence-corrected chi connectivity index (χ0v) is 13.5. The normalized spacial score (nSPS) is 40.7. The summed E-state index contributed by atoms with van der Waals surface area (Å²) in [4.78, 5) is 5.38. The minimum atomic E-state index is 0.428. The Balaban J connectivity index is 1.36. The van der Waals surface area contributed by atoms with Gasteiger partial charge in [0.05, 0.1) is 12.7 Å². The van der Waals surface area contributed by atoms with Crippen LogP contribution >= 0.6 is 0 Å². The van der Waals surface area contributed by atoms with E-state index >= 15 is 0 Å². The van der Waals surface area contributed by atoms with E-state index in [0.29, 0.717) is 17.7 Å². The first-order valence-electron chi connectivity index (χ1n) is 9.09. The van der Waals surface area contributed by atoms with Crippen molar-refractivity contribution in [3.63, 3.8) is 0 Å². The predicted octanol–water partition coefficient (Wildman–Crippen LogP) is 1.46. The Kier molecular flexibility index (Phi) is 3.99. The van der Waals surface area contributed by atoms with E-state index in [1.54, 1.807) is 0 Å². The van der Waals surface area contributed by atoms with E-state index in [2.05, 4.69) is 22.0 Å². The number of piperazine rings is 1. The van der Waals surface area contributed by atoms with E-state index < -0.39 is 0 Å². The number of hydrogen-bond donors (Lipinski definition) is 1. The second-order valence-electron chi connectivity index (χ2n) is 7.89. The first-order valence-corrected chi connectivity index (χ1v) is 9.09. The highest BCUT2D eigenvalue weighted by Crippen LogP contribution is 2.33. The van der Waals surface area contributed by atoms with Crippen molar-refractivity contribution in [2.24, 2.45) is 0 Å². The number of hydrogen-bond acceptors (Lipinski definition) is 4. The Morgan fingerprint density at radius 1 is 1.24 bits per heavy atom. The maximum atomic E-state index is 6.19. The van der Waals surface area contributed by atoms with Crippen LogP contribution in [-0.4, -0.2) is 72.9 Å². The van der Waals surface area contributed by atoms with Gasteiger partial charge in [-0.15, -0.1) is 0 Å². The van der Waals surface area contributed by atoms with Crippen LogP contribution in [0.4, 0.5) is 0 Å². The summed E-state index contributed by atoms with van der Waals surface area (Å²) >= 11 is 0. The van der Waals surface area contributed by atoms with Gasteiger partial charge in [0.15, 0.2) is 0 Å². The number of ether oxygens (including phenoxy) is 1. The molecule has 0 radical (unpaired) electrons. The van der Waals surface area contributed by atoms with Crippen molar-refractivity contribution in [3.05, 3.63) is 0 Å². The summed E-state index contributed by atoms with van der Waals surface area (Å²) in [5.74, 6) is 0. The van der Waals surface area contributed by atoms with Crippen LogP contribution < -0.4 is 5.32 Å². The standard InChI is InChI=1S/C17H31N3O/c1-14-9-18-17(6-2-3-7-17)13-20(14)11-16-10-19-8-4-5-15(19)12-21-16/h14-16,18H,2-13H2,1H3. The van der Waals surface area contributed by atoms with Gasteiger partial charge >= 0.3 is 0 Å². The summed E-state index contributed by atoms with van der Waals surface area (Å²) in [6, 6.07) is 1.37. The molecule has 3 aliphatic heterocycles. The highest BCUT2D eigenvalue weighted by molar-refractivity contribution is 5.01. The Morgan fingerprint density at radius 3 is 2.95 bits per heavy atom. The average molecular weight is 293 g/mol. The van der Waals surface area contributed by atoms with Crippen LogP contribution in [0.5, 0.6) is 0 Å². The molecule has 4 nitrogen and oxygen atoms in total. The topological polar surface area (TPSA) is 27.7 Å². The molecule has 4 aliphatic rings. The van der Waals surface area contributed by atoms with Crippen molar-refractivity contribution in [3.8, 4) is 0 Å². The molecule has 0 bridgehead atoms. The van der Waals surface area contributed by atoms with Gasteiger partial charge < -0.3 is 10.1 Å². The minimum Gasteiger partial charge on any atom is -0.374 e. The predicted molar refractivity (Wildman–Crippen MR) is 84.6 cm³/mol. The maximum Gasteiger partial charge on any atom is 0.0829 e. The molecule has 1 saturated carbocycles. The van der Waals surface area contributed by atoms with Crippen LogP contribution in [0.2, 0.25) is 0 Å². The molecule has 4 heteroatoms. The quantitative estimate of drug-likeness (QED) is 0.834. The third kappa shape index (κ3) is 2.88. The van der Waals surface area contributed by atoms with E-state index in [1.165, 1.54) is 51.6 Å². The van der Waals surface area contributed by atoms with Crippen molar-refractivity contribution in [2.75, 3.05) is 39.3 Å². The lowest BCUT2D eigenvalue weighted by molar-refractivity contribution is -0.0716. The lowest BCUT2D eigenvalue weighted by Crippen LogP contribution is -2.64. The second-order valence-corrected chi connectivity index (χ2v) is 7.89. The molecule has 3 atom stereocenters. The van der Waals surface area contributed by atoms with Gasteiger partial charge in [0.25, 0.3) is 0 Å². The molecule has 21 heavy (non-hydrogen) atoms. The molecule has 1 aliphatic carbocycles. The van der Waals surface area contributed by atoms with E-state index in [9.17, 15) is 0 Å². The van der Waals surface area contributed by atoms with Crippen molar-refractivity contribution >= 4 is 0 Å². The number of nitrogens with one attached hydrogen (secondary N) is 1. The first-order chi connectivity index (χ1) is 10.2. The molecule has 3 unspecified atom stereocenters. The van der Waals surface area contributed by atoms with Gasteiger partial charge in [0.2, 0.25) is 0 Å². The van der Waals surface area contributed by atoms with Crippen LogP contribution in [0.3, 0.4) is 0 Å². The van der Waals surface area contributed by atoms with Crippen LogP contribution in [0.15, 0.2) is 0 Å². The molecular weight excluding hydrogens is 262 g/mol. The third-order valence-electron chi connectivity index (χ3n) is 6.36. The SMILES string of the molecule is CC1CNC2(CCCC2)CN1CC1CN2CCCC2CO1. The Bertz CT molecular complexity index is 369. The molecule has 1 N–H and O–H groups in total. The minimum absolute atomic E-state index is 0.428. The number of rotatable bonds is 2. The molecule has 1 spiro atoms. The summed E-state index contributed by atoms with van der Waals surface area (Å²) in [6.45, 7) is 9.32. The molecule has 0 aromatic heterocycles. The van der Waals surface area contributed by atoms with Gasteiger partial charge in [-0.3, -0.25) is 9.80 Å². The molecule has 3 heterocycles. The third-order valence-corrected chi connectivity index (χ3v) is 6.36. The van der Waals surface area contributed by atoms with E-state index in [4.69, 9.17) is 4.74 Å². The van der Waals surface area contributed by atoms with Crippen LogP contribution in [0.1, 0.15) is 45.4 Å². The highest BCUT2D eigenvalue weighted by Gasteiger charge is 2.41. The maximum absolute atomic E-state index is 6.19. The molecule has 0 aromatic rings. The fraction of sp³-hybridized carbons (Fsp3) is 1.00. The van der Waals surface area contributed by atoms with Gasteiger partial charge in [-0.1, -0.05) is 12.8 Å². The molecular formula is C17H31N3O. The van der Waals surface area contributed by atoms with Crippen LogP contribution in [0.25, 0.3) is 0 Å².